The number of hydrogen-bond donors (Lipinski definition) is 0. The van der Waals surface area contributed by atoms with Crippen molar-refractivity contribution in [1.29, 1.82) is 0 Å². The Morgan fingerprint density at radius 2 is 1.89 bits per heavy atom. The first-order chi connectivity index (χ1) is 8.38. The summed E-state index contributed by atoms with van der Waals surface area (Å²) in [5, 5.41) is 0.284. The van der Waals surface area contributed by atoms with Crippen molar-refractivity contribution in [2.45, 2.75) is 43.6 Å². The molecule has 1 aromatic carbocycles. The number of halogens is 2. The van der Waals surface area contributed by atoms with E-state index >= 15 is 0 Å². The molecular weight excluding hydrogens is 295 g/mol. The highest BCUT2D eigenvalue weighted by atomic mass is 35.7. The van der Waals surface area contributed by atoms with E-state index < -0.39 is 9.05 Å². The van der Waals surface area contributed by atoms with Crippen LogP contribution in [0.1, 0.15) is 31.2 Å². The van der Waals surface area contributed by atoms with Gasteiger partial charge in [-0.3, -0.25) is 0 Å². The van der Waals surface area contributed by atoms with E-state index in [-0.39, 0.29) is 16.0 Å². The van der Waals surface area contributed by atoms with Crippen molar-refractivity contribution in [1.82, 2.24) is 0 Å². The molecular formula is C12H14Cl2O3S. The molecule has 0 atom stereocenters. The van der Waals surface area contributed by atoms with E-state index in [1.165, 1.54) is 6.07 Å². The van der Waals surface area contributed by atoms with Crippen LogP contribution in [0.5, 0.6) is 5.75 Å². The van der Waals surface area contributed by atoms with Crippen LogP contribution in [0, 0.1) is 6.92 Å². The maximum atomic E-state index is 11.3. The Labute approximate surface area is 116 Å². The molecule has 0 N–H and O–H groups in total. The maximum absolute atomic E-state index is 11.3. The molecule has 3 nitrogen and oxygen atoms in total. The molecule has 0 aliphatic heterocycles. The van der Waals surface area contributed by atoms with E-state index in [2.05, 4.69) is 0 Å². The first-order valence-electron chi connectivity index (χ1n) is 5.79. The summed E-state index contributed by atoms with van der Waals surface area (Å²) in [6, 6.07) is 2.99. The van der Waals surface area contributed by atoms with E-state index in [1.54, 1.807) is 13.0 Å². The average Bonchev–Trinajstić information content (AvgIpc) is 2.74. The Balaban J connectivity index is 2.30. The van der Waals surface area contributed by atoms with Crippen LogP contribution in [0.2, 0.25) is 5.02 Å². The van der Waals surface area contributed by atoms with E-state index in [4.69, 9.17) is 27.0 Å². The predicted octanol–water partition coefficient (Wildman–Crippen LogP) is 3.90. The minimum absolute atomic E-state index is 0.0351. The van der Waals surface area contributed by atoms with Crippen LogP contribution in [-0.4, -0.2) is 14.5 Å². The lowest BCUT2D eigenvalue weighted by molar-refractivity contribution is 0.210. The van der Waals surface area contributed by atoms with Gasteiger partial charge in [-0.1, -0.05) is 11.6 Å². The molecule has 0 unspecified atom stereocenters. The highest BCUT2D eigenvalue weighted by molar-refractivity contribution is 8.13. The molecule has 0 saturated heterocycles. The highest BCUT2D eigenvalue weighted by Gasteiger charge is 2.21. The summed E-state index contributed by atoms with van der Waals surface area (Å²) < 4.78 is 28.4. The summed E-state index contributed by atoms with van der Waals surface area (Å²) in [4.78, 5) is 0.0351. The quantitative estimate of drug-likeness (QED) is 0.795. The third-order valence-electron chi connectivity index (χ3n) is 3.09. The van der Waals surface area contributed by atoms with E-state index in [1.807, 2.05) is 0 Å². The lowest BCUT2D eigenvalue weighted by Gasteiger charge is -2.15. The largest absolute Gasteiger partial charge is 0.489 e. The number of benzene rings is 1. The molecule has 0 heterocycles. The Morgan fingerprint density at radius 3 is 2.44 bits per heavy atom. The molecule has 0 spiro atoms. The summed E-state index contributed by atoms with van der Waals surface area (Å²) in [6.45, 7) is 1.67. The van der Waals surface area contributed by atoms with Crippen LogP contribution < -0.4 is 4.74 Å². The van der Waals surface area contributed by atoms with Gasteiger partial charge in [0.25, 0.3) is 9.05 Å². The normalized spacial score (nSPS) is 17.1. The SMILES string of the molecule is Cc1cc(OC2CCCC2)c(Cl)cc1S(=O)(=O)Cl. The summed E-state index contributed by atoms with van der Waals surface area (Å²) in [5.74, 6) is 0.533. The Hall–Kier alpha value is -0.450. The molecule has 1 aliphatic rings. The van der Waals surface area contributed by atoms with Gasteiger partial charge in [-0.2, -0.15) is 0 Å². The number of ether oxygens (including phenoxy) is 1. The third kappa shape index (κ3) is 3.11. The summed E-state index contributed by atoms with van der Waals surface area (Å²) >= 11 is 6.04. The van der Waals surface area contributed by atoms with Crippen molar-refractivity contribution < 1.29 is 13.2 Å². The summed E-state index contributed by atoms with van der Waals surface area (Å²) in [6.07, 6.45) is 4.54. The van der Waals surface area contributed by atoms with Gasteiger partial charge in [-0.25, -0.2) is 8.42 Å². The van der Waals surface area contributed by atoms with E-state index in [0.29, 0.717) is 11.3 Å². The molecule has 1 saturated carbocycles. The molecule has 0 bridgehead atoms. The second kappa shape index (κ2) is 5.27. The Kier molecular flexibility index (Phi) is 4.09. The average molecular weight is 309 g/mol. The minimum Gasteiger partial charge on any atom is -0.489 e. The van der Waals surface area contributed by atoms with Gasteiger partial charge in [-0.15, -0.1) is 0 Å². The van der Waals surface area contributed by atoms with E-state index in [9.17, 15) is 8.42 Å². The minimum atomic E-state index is -3.77. The van der Waals surface area contributed by atoms with Crippen LogP contribution >= 0.6 is 22.3 Å². The molecule has 6 heteroatoms. The first kappa shape index (κ1) is 14.0. The number of rotatable bonds is 3. The van der Waals surface area contributed by atoms with Crippen LogP contribution in [0.15, 0.2) is 17.0 Å². The lowest BCUT2D eigenvalue weighted by Crippen LogP contribution is -2.11. The summed E-state index contributed by atoms with van der Waals surface area (Å²) in [5.41, 5.74) is 0.544. The smallest absolute Gasteiger partial charge is 0.261 e. The highest BCUT2D eigenvalue weighted by Crippen LogP contribution is 2.34. The number of aryl methyl sites for hydroxylation is 1. The molecule has 100 valence electrons. The molecule has 0 aromatic heterocycles. The zero-order valence-electron chi connectivity index (χ0n) is 9.95. The van der Waals surface area contributed by atoms with Crippen LogP contribution in [0.25, 0.3) is 0 Å². The van der Waals surface area contributed by atoms with Crippen molar-refractivity contribution in [3.63, 3.8) is 0 Å². The fourth-order valence-electron chi connectivity index (χ4n) is 2.18. The Morgan fingerprint density at radius 1 is 1.28 bits per heavy atom. The van der Waals surface area contributed by atoms with Gasteiger partial charge in [0.1, 0.15) is 5.75 Å². The van der Waals surface area contributed by atoms with Crippen molar-refractivity contribution in [2.24, 2.45) is 0 Å². The molecule has 1 aromatic rings. The van der Waals surface area contributed by atoms with Gasteiger partial charge in [-0.05, 0) is 50.3 Å². The molecule has 2 rings (SSSR count). The second-order valence-electron chi connectivity index (χ2n) is 4.51. The molecule has 1 aliphatic carbocycles. The van der Waals surface area contributed by atoms with Gasteiger partial charge in [0.2, 0.25) is 0 Å². The first-order valence-corrected chi connectivity index (χ1v) is 8.48. The van der Waals surface area contributed by atoms with Crippen molar-refractivity contribution in [3.05, 3.63) is 22.7 Å². The monoisotopic (exact) mass is 308 g/mol. The van der Waals surface area contributed by atoms with Crippen molar-refractivity contribution >= 4 is 31.3 Å². The molecule has 0 radical (unpaired) electrons. The molecule has 1 fully saturated rings. The predicted molar refractivity (Wildman–Crippen MR) is 72.1 cm³/mol. The Bertz CT molecular complexity index is 549. The zero-order chi connectivity index (χ0) is 13.3. The van der Waals surface area contributed by atoms with Gasteiger partial charge in [0, 0.05) is 10.7 Å². The zero-order valence-corrected chi connectivity index (χ0v) is 12.3. The van der Waals surface area contributed by atoms with E-state index in [0.717, 1.165) is 25.7 Å². The fraction of sp³-hybridized carbons (Fsp3) is 0.500. The van der Waals surface area contributed by atoms with Gasteiger partial charge in [0.15, 0.2) is 0 Å². The van der Waals surface area contributed by atoms with Gasteiger partial charge in [0.05, 0.1) is 16.0 Å². The molecule has 0 amide bonds. The van der Waals surface area contributed by atoms with Crippen LogP contribution in [0.3, 0.4) is 0 Å². The lowest BCUT2D eigenvalue weighted by atomic mass is 10.2. The van der Waals surface area contributed by atoms with Gasteiger partial charge >= 0.3 is 0 Å². The third-order valence-corrected chi connectivity index (χ3v) is 4.85. The van der Waals surface area contributed by atoms with Crippen LogP contribution in [0.4, 0.5) is 0 Å². The standard InChI is InChI=1S/C12H14Cl2O3S/c1-8-6-11(17-9-4-2-3-5-9)10(13)7-12(8)18(14,15)16/h6-7,9H,2-5H2,1H3. The van der Waals surface area contributed by atoms with Crippen molar-refractivity contribution in [2.75, 3.05) is 0 Å². The van der Waals surface area contributed by atoms with Crippen molar-refractivity contribution in [3.8, 4) is 5.75 Å². The summed E-state index contributed by atoms with van der Waals surface area (Å²) in [7, 11) is 1.56. The second-order valence-corrected chi connectivity index (χ2v) is 7.45. The topological polar surface area (TPSA) is 43.4 Å². The van der Waals surface area contributed by atoms with Gasteiger partial charge < -0.3 is 4.74 Å². The molecule has 18 heavy (non-hydrogen) atoms. The fourth-order valence-corrected chi connectivity index (χ4v) is 3.65. The number of hydrogen-bond acceptors (Lipinski definition) is 3. The van der Waals surface area contributed by atoms with Crippen LogP contribution in [-0.2, 0) is 9.05 Å². The maximum Gasteiger partial charge on any atom is 0.261 e.